The Bertz CT molecular complexity index is 1280. The fourth-order valence-electron chi connectivity index (χ4n) is 3.80. The van der Waals surface area contributed by atoms with Crippen LogP contribution >= 0.6 is 0 Å². The number of ether oxygens (including phenoxy) is 1. The molecule has 2 aliphatic rings. The topological polar surface area (TPSA) is 112 Å². The normalized spacial score (nSPS) is 18.4. The van der Waals surface area contributed by atoms with Crippen molar-refractivity contribution in [3.8, 4) is 11.4 Å². The summed E-state index contributed by atoms with van der Waals surface area (Å²) in [7, 11) is 1.71. The highest BCUT2D eigenvalue weighted by Crippen LogP contribution is 2.26. The summed E-state index contributed by atoms with van der Waals surface area (Å²) in [6.45, 7) is 3.32. The number of anilines is 1. The van der Waals surface area contributed by atoms with E-state index in [1.165, 1.54) is 17.0 Å². The number of nitrogens with zero attached hydrogens (tertiary/aromatic N) is 7. The molecule has 0 aliphatic carbocycles. The third kappa shape index (κ3) is 3.54. The molecule has 2 aliphatic heterocycles. The van der Waals surface area contributed by atoms with Gasteiger partial charge in [-0.2, -0.15) is 0 Å². The van der Waals surface area contributed by atoms with Crippen LogP contribution in [-0.2, 0) is 11.8 Å². The van der Waals surface area contributed by atoms with Crippen molar-refractivity contribution in [2.75, 3.05) is 24.6 Å². The summed E-state index contributed by atoms with van der Waals surface area (Å²) < 4.78 is 8.35. The van der Waals surface area contributed by atoms with E-state index in [0.717, 1.165) is 15.9 Å². The summed E-state index contributed by atoms with van der Waals surface area (Å²) in [4.78, 5) is 31.7. The summed E-state index contributed by atoms with van der Waals surface area (Å²) in [5.41, 5.74) is 2.69. The first kappa shape index (κ1) is 20.0. The summed E-state index contributed by atoms with van der Waals surface area (Å²) in [5.74, 6) is 1.44. The number of hydrogen-bond donors (Lipinski definition) is 0. The van der Waals surface area contributed by atoms with Gasteiger partial charge in [0, 0.05) is 32.8 Å². The Kier molecular flexibility index (Phi) is 4.98. The van der Waals surface area contributed by atoms with Crippen LogP contribution in [0.15, 0.2) is 58.7 Å². The van der Waals surface area contributed by atoms with E-state index in [0.29, 0.717) is 48.7 Å². The SMILES string of the molecule is CC1=NC(c2ccc([C@H]3CN(c4nc(-c5ccncn5)cc(=O)n4C)CCO3)cc2)=[N+]1[O-]. The molecule has 10 heteroatoms. The van der Waals surface area contributed by atoms with Crippen molar-refractivity contribution in [3.05, 3.63) is 75.6 Å². The molecule has 0 bridgehead atoms. The number of aliphatic imine (C=N–C) groups is 1. The van der Waals surface area contributed by atoms with E-state index in [-0.39, 0.29) is 11.7 Å². The van der Waals surface area contributed by atoms with Crippen molar-refractivity contribution < 1.29 is 9.48 Å². The number of hydrogen-bond acceptors (Lipinski definition) is 8. The molecule has 0 spiro atoms. The quantitative estimate of drug-likeness (QED) is 0.455. The maximum absolute atomic E-state index is 12.6. The number of amidine groups is 2. The predicted molar refractivity (Wildman–Crippen MR) is 119 cm³/mol. The zero-order chi connectivity index (χ0) is 22.2. The Morgan fingerprint density at radius 1 is 1.19 bits per heavy atom. The molecular weight excluding hydrogens is 410 g/mol. The van der Waals surface area contributed by atoms with Gasteiger partial charge in [-0.15, -0.1) is 0 Å². The van der Waals surface area contributed by atoms with E-state index in [1.807, 2.05) is 29.2 Å². The molecule has 0 amide bonds. The lowest BCUT2D eigenvalue weighted by Crippen LogP contribution is -2.41. The lowest BCUT2D eigenvalue weighted by Gasteiger charge is -2.34. The van der Waals surface area contributed by atoms with Gasteiger partial charge in [0.15, 0.2) is 0 Å². The van der Waals surface area contributed by atoms with Crippen molar-refractivity contribution in [2.24, 2.45) is 12.0 Å². The molecule has 1 fully saturated rings. The van der Waals surface area contributed by atoms with Crippen LogP contribution in [0.25, 0.3) is 11.4 Å². The van der Waals surface area contributed by atoms with Crippen molar-refractivity contribution in [1.29, 1.82) is 0 Å². The Hall–Kier alpha value is -3.92. The van der Waals surface area contributed by atoms with Crippen LogP contribution in [0.5, 0.6) is 0 Å². The van der Waals surface area contributed by atoms with Crippen molar-refractivity contribution >= 4 is 17.6 Å². The Morgan fingerprint density at radius 2 is 2.00 bits per heavy atom. The summed E-state index contributed by atoms with van der Waals surface area (Å²) in [6.07, 6.45) is 2.86. The van der Waals surface area contributed by atoms with Gasteiger partial charge in [-0.1, -0.05) is 17.1 Å². The second-order valence-electron chi connectivity index (χ2n) is 7.64. The fourth-order valence-corrected chi connectivity index (χ4v) is 3.80. The van der Waals surface area contributed by atoms with Crippen molar-refractivity contribution in [3.63, 3.8) is 0 Å². The molecule has 32 heavy (non-hydrogen) atoms. The third-order valence-corrected chi connectivity index (χ3v) is 5.60. The van der Waals surface area contributed by atoms with Gasteiger partial charge in [0.25, 0.3) is 11.4 Å². The van der Waals surface area contributed by atoms with Crippen LogP contribution in [-0.4, -0.2) is 55.6 Å². The molecule has 162 valence electrons. The lowest BCUT2D eigenvalue weighted by atomic mass is 10.0. The molecule has 2 aromatic heterocycles. The van der Waals surface area contributed by atoms with Crippen molar-refractivity contribution in [1.82, 2.24) is 19.5 Å². The highest BCUT2D eigenvalue weighted by atomic mass is 16.5. The number of rotatable bonds is 4. The predicted octanol–water partition coefficient (Wildman–Crippen LogP) is 1.50. The molecule has 0 radical (unpaired) electrons. The Morgan fingerprint density at radius 3 is 2.69 bits per heavy atom. The van der Waals surface area contributed by atoms with E-state index >= 15 is 0 Å². The summed E-state index contributed by atoms with van der Waals surface area (Å²) >= 11 is 0. The van der Waals surface area contributed by atoms with Crippen LogP contribution < -0.4 is 10.5 Å². The van der Waals surface area contributed by atoms with E-state index in [2.05, 4.69) is 15.0 Å². The van der Waals surface area contributed by atoms with Gasteiger partial charge in [0.2, 0.25) is 11.8 Å². The standard InChI is InChI=1S/C22H21N7O3/c1-14-25-21(29(14)31)16-5-3-15(4-6-16)19-12-28(9-10-32-19)22-26-18(11-20(30)27(22)2)17-7-8-23-13-24-17/h3-8,11,13,19H,9-10,12H2,1-2H3/t19-/m1/s1. The number of hydroxylamine groups is 1. The molecule has 1 aromatic carbocycles. The highest BCUT2D eigenvalue weighted by Gasteiger charge is 2.26. The van der Waals surface area contributed by atoms with Gasteiger partial charge < -0.3 is 14.8 Å². The lowest BCUT2D eigenvalue weighted by molar-refractivity contribution is -0.340. The van der Waals surface area contributed by atoms with Crippen LogP contribution in [0.4, 0.5) is 5.95 Å². The Labute approximate surface area is 183 Å². The maximum Gasteiger partial charge on any atom is 0.274 e. The van der Waals surface area contributed by atoms with E-state index in [9.17, 15) is 10.0 Å². The van der Waals surface area contributed by atoms with Gasteiger partial charge in [-0.05, 0) is 23.8 Å². The molecule has 4 heterocycles. The molecule has 1 atom stereocenters. The first-order chi connectivity index (χ1) is 15.5. The monoisotopic (exact) mass is 431 g/mol. The van der Waals surface area contributed by atoms with E-state index in [1.54, 1.807) is 26.2 Å². The second kappa shape index (κ2) is 7.97. The van der Waals surface area contributed by atoms with Crippen LogP contribution in [0.3, 0.4) is 0 Å². The summed E-state index contributed by atoms with van der Waals surface area (Å²) in [6, 6.07) is 10.8. The average molecular weight is 431 g/mol. The third-order valence-electron chi connectivity index (χ3n) is 5.60. The van der Waals surface area contributed by atoms with Crippen LogP contribution in [0.1, 0.15) is 24.2 Å². The molecule has 0 N–H and O–H groups in total. The summed E-state index contributed by atoms with van der Waals surface area (Å²) in [5, 5.41) is 11.8. The van der Waals surface area contributed by atoms with Crippen LogP contribution in [0, 0.1) is 5.21 Å². The molecule has 10 nitrogen and oxygen atoms in total. The van der Waals surface area contributed by atoms with Gasteiger partial charge in [0.1, 0.15) is 12.4 Å². The Balaban J connectivity index is 1.40. The van der Waals surface area contributed by atoms with Gasteiger partial charge >= 0.3 is 0 Å². The van der Waals surface area contributed by atoms with E-state index < -0.39 is 0 Å². The zero-order valence-corrected chi connectivity index (χ0v) is 17.7. The van der Waals surface area contributed by atoms with Gasteiger partial charge in [0.05, 0.1) is 30.1 Å². The van der Waals surface area contributed by atoms with Crippen molar-refractivity contribution in [2.45, 2.75) is 13.0 Å². The molecular formula is C22H21N7O3. The molecule has 0 saturated carbocycles. The van der Waals surface area contributed by atoms with Gasteiger partial charge in [-0.25, -0.2) is 19.7 Å². The minimum Gasteiger partial charge on any atom is -0.740 e. The minimum atomic E-state index is -0.197. The second-order valence-corrected chi connectivity index (χ2v) is 7.64. The smallest absolute Gasteiger partial charge is 0.274 e. The van der Waals surface area contributed by atoms with Gasteiger partial charge in [-0.3, -0.25) is 9.36 Å². The highest BCUT2D eigenvalue weighted by molar-refractivity contribution is 6.09. The number of morpholine rings is 1. The van der Waals surface area contributed by atoms with E-state index in [4.69, 9.17) is 9.72 Å². The number of aromatic nitrogens is 4. The molecule has 5 rings (SSSR count). The fraction of sp³-hybridized carbons (Fsp3) is 0.273. The zero-order valence-electron chi connectivity index (χ0n) is 17.7. The number of benzene rings is 1. The molecule has 0 unspecified atom stereocenters. The maximum atomic E-state index is 12.6. The molecule has 3 aromatic rings. The first-order valence-corrected chi connectivity index (χ1v) is 10.2. The largest absolute Gasteiger partial charge is 0.740 e. The van der Waals surface area contributed by atoms with Crippen LogP contribution in [0.2, 0.25) is 0 Å². The average Bonchev–Trinajstić information content (AvgIpc) is 2.84. The minimum absolute atomic E-state index is 0.161. The first-order valence-electron chi connectivity index (χ1n) is 10.2. The molecule has 1 saturated heterocycles.